The molecule has 4 aliphatic heterocycles. The second-order valence-corrected chi connectivity index (χ2v) is 14.9. The molecular formula is C42H44FN9O4. The highest BCUT2D eigenvalue weighted by Gasteiger charge is 2.45. The summed E-state index contributed by atoms with van der Waals surface area (Å²) in [5.74, 6) is 0.895. The van der Waals surface area contributed by atoms with Crippen molar-refractivity contribution in [2.24, 2.45) is 0 Å². The number of carbonyl (C=O) groups is 3. The van der Waals surface area contributed by atoms with Gasteiger partial charge in [0.2, 0.25) is 17.7 Å². The summed E-state index contributed by atoms with van der Waals surface area (Å²) in [5.41, 5.74) is 4.80. The smallest absolute Gasteiger partial charge is 0.249 e. The molecule has 3 atom stereocenters. The Balaban J connectivity index is 0.841. The highest BCUT2D eigenvalue weighted by atomic mass is 19.1. The number of aromatic nitrogens is 4. The molecule has 3 aromatic heterocycles. The summed E-state index contributed by atoms with van der Waals surface area (Å²) >= 11 is 0. The number of piperazine rings is 1. The molecule has 0 radical (unpaired) electrons. The number of nitrogens with zero attached hydrogens (tertiary/aromatic N) is 8. The zero-order valence-corrected chi connectivity index (χ0v) is 31.3. The van der Waals surface area contributed by atoms with Crippen molar-refractivity contribution in [3.8, 4) is 17.1 Å². The molecule has 9 rings (SSSR count). The fourth-order valence-corrected chi connectivity index (χ4v) is 8.78. The van der Waals surface area contributed by atoms with E-state index >= 15 is 0 Å². The van der Waals surface area contributed by atoms with Crippen molar-refractivity contribution >= 4 is 40.7 Å². The number of hydrogen-bond donors (Lipinski definition) is 1. The molecule has 288 valence electrons. The van der Waals surface area contributed by atoms with E-state index < -0.39 is 17.9 Å². The van der Waals surface area contributed by atoms with E-state index in [2.05, 4.69) is 25.0 Å². The Labute approximate surface area is 324 Å². The maximum absolute atomic E-state index is 14.1. The van der Waals surface area contributed by atoms with Crippen LogP contribution in [-0.2, 0) is 14.4 Å². The number of imidazole rings is 1. The topological polar surface area (TPSA) is 129 Å². The maximum atomic E-state index is 14.1. The number of halogens is 1. The van der Waals surface area contributed by atoms with Crippen molar-refractivity contribution in [1.29, 1.82) is 0 Å². The van der Waals surface area contributed by atoms with Crippen LogP contribution in [0.5, 0.6) is 5.75 Å². The molecule has 56 heavy (non-hydrogen) atoms. The Morgan fingerprint density at radius 1 is 0.893 bits per heavy atom. The van der Waals surface area contributed by atoms with Crippen LogP contribution in [0, 0.1) is 5.82 Å². The number of anilines is 3. The van der Waals surface area contributed by atoms with E-state index in [1.54, 1.807) is 17.0 Å². The van der Waals surface area contributed by atoms with Gasteiger partial charge in [0.15, 0.2) is 5.65 Å². The van der Waals surface area contributed by atoms with Gasteiger partial charge in [0.25, 0.3) is 0 Å². The fourth-order valence-electron chi connectivity index (χ4n) is 8.78. The van der Waals surface area contributed by atoms with Crippen LogP contribution in [0.15, 0.2) is 79.0 Å². The molecule has 0 saturated carbocycles. The third-order valence-corrected chi connectivity index (χ3v) is 11.6. The van der Waals surface area contributed by atoms with Gasteiger partial charge in [-0.1, -0.05) is 31.2 Å². The second kappa shape index (κ2) is 15.0. The monoisotopic (exact) mass is 757 g/mol. The van der Waals surface area contributed by atoms with E-state index in [1.165, 1.54) is 6.07 Å². The van der Waals surface area contributed by atoms with E-state index in [4.69, 9.17) is 14.8 Å². The van der Waals surface area contributed by atoms with Crippen molar-refractivity contribution in [3.63, 3.8) is 0 Å². The van der Waals surface area contributed by atoms with E-state index in [0.717, 1.165) is 91.9 Å². The molecular weight excluding hydrogens is 714 g/mol. The van der Waals surface area contributed by atoms with Crippen molar-refractivity contribution in [2.75, 3.05) is 60.6 Å². The summed E-state index contributed by atoms with van der Waals surface area (Å²) in [6.07, 6.45) is 4.86. The summed E-state index contributed by atoms with van der Waals surface area (Å²) in [4.78, 5) is 56.3. The number of ether oxygens (including phenoxy) is 1. The lowest BCUT2D eigenvalue weighted by atomic mass is 9.97. The maximum Gasteiger partial charge on any atom is 0.249 e. The molecule has 13 nitrogen and oxygen atoms in total. The van der Waals surface area contributed by atoms with Crippen molar-refractivity contribution in [1.82, 2.24) is 29.8 Å². The lowest BCUT2D eigenvalue weighted by molar-refractivity contribution is -0.135. The quantitative estimate of drug-likeness (QED) is 0.192. The zero-order chi connectivity index (χ0) is 38.3. The number of fused-ring (bicyclic) bond motifs is 2. The number of carbonyl (C=O) groups excluding carboxylic acids is 3. The standard InChI is InChI=1S/C42H44FN9O4/c1-2-29-40-32(51(42(29)55)33-14-17-39(53)46-41(33)54)10-5-12-35(40)56-24-23-48-19-21-49(22-20-48)37-13-4-9-30(45-37)34-26-44-36-15-16-38(47-52(34)36)50-18-6-11-31(50)27-7-3-8-28(43)25-27/h3-5,7-10,12-13,15-16,25-26,29,31,33H,2,6,11,14,17-24H2,1H3,(H,46,53,54)/t29-,31+,33?/m0/s1. The molecule has 4 aliphatic rings. The minimum atomic E-state index is -0.705. The van der Waals surface area contributed by atoms with Gasteiger partial charge in [-0.15, -0.1) is 5.10 Å². The first-order valence-corrected chi connectivity index (χ1v) is 19.6. The van der Waals surface area contributed by atoms with E-state index in [0.29, 0.717) is 30.9 Å². The zero-order valence-electron chi connectivity index (χ0n) is 31.3. The van der Waals surface area contributed by atoms with Crippen LogP contribution in [0.2, 0.25) is 0 Å². The van der Waals surface area contributed by atoms with Crippen molar-refractivity contribution in [2.45, 2.75) is 57.0 Å². The van der Waals surface area contributed by atoms with Gasteiger partial charge in [-0.3, -0.25) is 29.5 Å². The molecule has 1 unspecified atom stereocenters. The first kappa shape index (κ1) is 35.8. The van der Waals surface area contributed by atoms with Crippen LogP contribution in [0.4, 0.5) is 21.7 Å². The summed E-state index contributed by atoms with van der Waals surface area (Å²) in [6, 6.07) is 21.8. The van der Waals surface area contributed by atoms with Crippen LogP contribution in [0.3, 0.4) is 0 Å². The number of pyridine rings is 1. The van der Waals surface area contributed by atoms with Crippen LogP contribution in [0.1, 0.15) is 62.1 Å². The molecule has 0 bridgehead atoms. The highest BCUT2D eigenvalue weighted by molar-refractivity contribution is 6.12. The predicted octanol–water partition coefficient (Wildman–Crippen LogP) is 5.12. The van der Waals surface area contributed by atoms with Gasteiger partial charge in [-0.05, 0) is 79.8 Å². The summed E-state index contributed by atoms with van der Waals surface area (Å²) in [6.45, 7) is 7.26. The highest BCUT2D eigenvalue weighted by Crippen LogP contribution is 2.46. The lowest BCUT2D eigenvalue weighted by Crippen LogP contribution is -2.53. The third-order valence-electron chi connectivity index (χ3n) is 11.6. The Morgan fingerprint density at radius 3 is 2.55 bits per heavy atom. The predicted molar refractivity (Wildman–Crippen MR) is 209 cm³/mol. The number of rotatable bonds is 10. The van der Waals surface area contributed by atoms with Gasteiger partial charge >= 0.3 is 0 Å². The lowest BCUT2D eigenvalue weighted by Gasteiger charge is -2.35. The molecule has 0 spiro atoms. The van der Waals surface area contributed by atoms with Crippen LogP contribution >= 0.6 is 0 Å². The first-order valence-electron chi connectivity index (χ1n) is 19.6. The Bertz CT molecular complexity index is 2310. The number of imide groups is 1. The molecule has 1 N–H and O–H groups in total. The fraction of sp³-hybridized carbons (Fsp3) is 0.381. The minimum Gasteiger partial charge on any atom is -0.492 e. The van der Waals surface area contributed by atoms with E-state index in [1.807, 2.05) is 72.2 Å². The number of benzene rings is 2. The van der Waals surface area contributed by atoms with Crippen LogP contribution in [-0.4, -0.2) is 94.1 Å². The van der Waals surface area contributed by atoms with Gasteiger partial charge in [0.05, 0.1) is 29.5 Å². The number of amides is 3. The van der Waals surface area contributed by atoms with Gasteiger partial charge in [0, 0.05) is 51.3 Å². The van der Waals surface area contributed by atoms with Crippen LogP contribution in [0.25, 0.3) is 17.0 Å². The molecule has 5 aromatic rings. The average molecular weight is 758 g/mol. The largest absolute Gasteiger partial charge is 0.492 e. The summed E-state index contributed by atoms with van der Waals surface area (Å²) in [7, 11) is 0. The number of nitrogens with one attached hydrogen (secondary N) is 1. The average Bonchev–Trinajstić information content (AvgIpc) is 3.94. The summed E-state index contributed by atoms with van der Waals surface area (Å²) in [5, 5.41) is 7.41. The Morgan fingerprint density at radius 2 is 1.73 bits per heavy atom. The molecule has 0 aliphatic carbocycles. The SMILES string of the molecule is CC[C@@H]1C(=O)N(C2CCC(=O)NC2=O)c2cccc(OCCN3CCN(c4cccc(-c5cnc6ccc(N7CCC[C@@H]7c7cccc(F)c7)nn56)n4)CC3)c21. The Hall–Kier alpha value is -5.89. The third kappa shape index (κ3) is 6.61. The molecule has 3 amide bonds. The van der Waals surface area contributed by atoms with E-state index in [9.17, 15) is 18.8 Å². The molecule has 7 heterocycles. The molecule has 14 heteroatoms. The Kier molecular flexibility index (Phi) is 9.57. The first-order chi connectivity index (χ1) is 27.4. The molecule has 2 aromatic carbocycles. The normalized spacial score (nSPS) is 21.6. The second-order valence-electron chi connectivity index (χ2n) is 14.9. The summed E-state index contributed by atoms with van der Waals surface area (Å²) < 4.78 is 22.3. The van der Waals surface area contributed by atoms with Crippen molar-refractivity contribution < 1.29 is 23.5 Å². The van der Waals surface area contributed by atoms with Gasteiger partial charge in [-0.25, -0.2) is 18.9 Å². The van der Waals surface area contributed by atoms with Gasteiger partial charge in [-0.2, -0.15) is 0 Å². The minimum absolute atomic E-state index is 0.0604. The molecule has 3 saturated heterocycles. The number of hydrogen-bond acceptors (Lipinski definition) is 10. The van der Waals surface area contributed by atoms with Crippen LogP contribution < -0.4 is 24.8 Å². The molecule has 3 fully saturated rings. The van der Waals surface area contributed by atoms with Gasteiger partial charge in [0.1, 0.15) is 41.5 Å². The van der Waals surface area contributed by atoms with E-state index in [-0.39, 0.29) is 30.1 Å². The van der Waals surface area contributed by atoms with Crippen molar-refractivity contribution in [3.05, 3.63) is 95.9 Å². The number of piperidine rings is 1. The van der Waals surface area contributed by atoms with Gasteiger partial charge < -0.3 is 14.5 Å².